The molecule has 2 saturated heterocycles. The van der Waals surface area contributed by atoms with Crippen molar-refractivity contribution >= 4 is 5.91 Å². The van der Waals surface area contributed by atoms with Crippen molar-refractivity contribution in [3.8, 4) is 5.75 Å². The third kappa shape index (κ3) is 1.44. The van der Waals surface area contributed by atoms with E-state index in [4.69, 9.17) is 0 Å². The minimum atomic E-state index is -0.472. The van der Waals surface area contributed by atoms with E-state index in [0.717, 1.165) is 31.5 Å². The highest BCUT2D eigenvalue weighted by Gasteiger charge is 2.48. The second kappa shape index (κ2) is 3.74. The van der Waals surface area contributed by atoms with Gasteiger partial charge in [-0.25, -0.2) is 0 Å². The lowest BCUT2D eigenvalue weighted by molar-refractivity contribution is -0.134. The van der Waals surface area contributed by atoms with Crippen molar-refractivity contribution in [3.63, 3.8) is 0 Å². The van der Waals surface area contributed by atoms with Crippen molar-refractivity contribution in [1.82, 2.24) is 10.2 Å². The average Bonchev–Trinajstić information content (AvgIpc) is 2.69. The van der Waals surface area contributed by atoms with E-state index >= 15 is 0 Å². The fourth-order valence-corrected chi connectivity index (χ4v) is 3.00. The smallest absolute Gasteiger partial charge is 0.224 e. The van der Waals surface area contributed by atoms with E-state index in [0.29, 0.717) is 6.42 Å². The number of nitrogens with zero attached hydrogens (tertiary/aromatic N) is 1. The number of benzene rings is 1. The molecule has 4 heteroatoms. The van der Waals surface area contributed by atoms with Gasteiger partial charge in [0.25, 0.3) is 0 Å². The molecule has 90 valence electrons. The van der Waals surface area contributed by atoms with Crippen LogP contribution in [0.25, 0.3) is 0 Å². The summed E-state index contributed by atoms with van der Waals surface area (Å²) in [5, 5.41) is 13.4. The molecule has 1 amide bonds. The van der Waals surface area contributed by atoms with Crippen LogP contribution in [0.15, 0.2) is 24.3 Å². The molecule has 17 heavy (non-hydrogen) atoms. The molecule has 0 radical (unpaired) electrons. The average molecular weight is 232 g/mol. The van der Waals surface area contributed by atoms with Gasteiger partial charge < -0.3 is 10.0 Å². The molecular formula is C13H16N2O2. The molecule has 0 saturated carbocycles. The van der Waals surface area contributed by atoms with Crippen molar-refractivity contribution in [2.45, 2.75) is 24.9 Å². The predicted molar refractivity (Wildman–Crippen MR) is 63.4 cm³/mol. The van der Waals surface area contributed by atoms with Crippen LogP contribution in [-0.2, 0) is 10.5 Å². The van der Waals surface area contributed by atoms with Crippen LogP contribution in [0.3, 0.4) is 0 Å². The summed E-state index contributed by atoms with van der Waals surface area (Å²) in [5.74, 6) is 0.446. The number of fused-ring (bicyclic) bond motifs is 1. The van der Waals surface area contributed by atoms with Crippen molar-refractivity contribution in [2.75, 3.05) is 13.1 Å². The van der Waals surface area contributed by atoms with Crippen LogP contribution < -0.4 is 5.32 Å². The van der Waals surface area contributed by atoms with Gasteiger partial charge >= 0.3 is 0 Å². The molecule has 2 aliphatic heterocycles. The molecule has 0 spiro atoms. The van der Waals surface area contributed by atoms with Crippen LogP contribution in [-0.4, -0.2) is 29.0 Å². The molecule has 2 heterocycles. The Morgan fingerprint density at radius 2 is 2.18 bits per heavy atom. The van der Waals surface area contributed by atoms with Crippen LogP contribution in [0, 0.1) is 0 Å². The lowest BCUT2D eigenvalue weighted by Gasteiger charge is -2.43. The van der Waals surface area contributed by atoms with E-state index in [9.17, 15) is 9.90 Å². The lowest BCUT2D eigenvalue weighted by Crippen LogP contribution is -2.58. The second-order valence-corrected chi connectivity index (χ2v) is 4.70. The molecule has 1 aromatic rings. The van der Waals surface area contributed by atoms with Gasteiger partial charge in [0.2, 0.25) is 5.91 Å². The second-order valence-electron chi connectivity index (χ2n) is 4.70. The van der Waals surface area contributed by atoms with Gasteiger partial charge in [0.15, 0.2) is 0 Å². The van der Waals surface area contributed by atoms with Crippen molar-refractivity contribution in [2.24, 2.45) is 0 Å². The van der Waals surface area contributed by atoms with Gasteiger partial charge in [0.05, 0.1) is 0 Å². The Labute approximate surface area is 100 Å². The standard InChI is InChI=1S/C13H16N2O2/c16-11-5-2-1-4-10(11)13-7-6-12(17)15(13)9-3-8-14-13/h1-2,4-5,14,16H,3,6-9H2. The molecule has 2 fully saturated rings. The largest absolute Gasteiger partial charge is 0.508 e. The van der Waals surface area contributed by atoms with E-state index in [1.165, 1.54) is 0 Å². The van der Waals surface area contributed by atoms with Gasteiger partial charge in [-0.1, -0.05) is 18.2 Å². The molecule has 4 nitrogen and oxygen atoms in total. The summed E-state index contributed by atoms with van der Waals surface area (Å²) in [5.41, 5.74) is 0.353. The van der Waals surface area contributed by atoms with E-state index in [1.807, 2.05) is 17.0 Å². The van der Waals surface area contributed by atoms with Crippen molar-refractivity contribution < 1.29 is 9.90 Å². The van der Waals surface area contributed by atoms with E-state index in [1.54, 1.807) is 12.1 Å². The fraction of sp³-hybridized carbons (Fsp3) is 0.462. The number of nitrogens with one attached hydrogen (secondary N) is 1. The van der Waals surface area contributed by atoms with E-state index in [2.05, 4.69) is 5.32 Å². The Morgan fingerprint density at radius 1 is 1.35 bits per heavy atom. The Morgan fingerprint density at radius 3 is 3.00 bits per heavy atom. The highest BCUT2D eigenvalue weighted by Crippen LogP contribution is 2.42. The quantitative estimate of drug-likeness (QED) is 0.764. The van der Waals surface area contributed by atoms with Gasteiger partial charge in [-0.3, -0.25) is 10.1 Å². The zero-order valence-corrected chi connectivity index (χ0v) is 9.65. The zero-order chi connectivity index (χ0) is 11.9. The minimum Gasteiger partial charge on any atom is -0.508 e. The number of carbonyl (C=O) groups excluding carboxylic acids is 1. The van der Waals surface area contributed by atoms with Crippen LogP contribution in [0.4, 0.5) is 0 Å². The molecule has 0 aliphatic carbocycles. The Bertz CT molecular complexity index is 460. The molecule has 0 bridgehead atoms. The molecule has 3 rings (SSSR count). The Kier molecular flexibility index (Phi) is 2.33. The first-order valence-electron chi connectivity index (χ1n) is 6.08. The number of para-hydroxylation sites is 1. The SMILES string of the molecule is O=C1CCC2(c3ccccc3O)NCCCN12. The predicted octanol–water partition coefficient (Wildman–Crippen LogP) is 1.16. The number of phenols is 1. The zero-order valence-electron chi connectivity index (χ0n) is 9.65. The highest BCUT2D eigenvalue weighted by molar-refractivity contribution is 5.80. The van der Waals surface area contributed by atoms with Gasteiger partial charge in [0.1, 0.15) is 11.4 Å². The maximum atomic E-state index is 11.9. The number of carbonyl (C=O) groups is 1. The number of hydrogen-bond acceptors (Lipinski definition) is 3. The minimum absolute atomic E-state index is 0.181. The van der Waals surface area contributed by atoms with Gasteiger partial charge in [-0.15, -0.1) is 0 Å². The topological polar surface area (TPSA) is 52.6 Å². The molecule has 1 aromatic carbocycles. The van der Waals surface area contributed by atoms with Crippen molar-refractivity contribution in [1.29, 1.82) is 0 Å². The molecule has 2 aliphatic rings. The summed E-state index contributed by atoms with van der Waals surface area (Å²) in [6, 6.07) is 7.29. The number of rotatable bonds is 1. The fourth-order valence-electron chi connectivity index (χ4n) is 3.00. The first kappa shape index (κ1) is 10.6. The lowest BCUT2D eigenvalue weighted by atomic mass is 9.93. The summed E-state index contributed by atoms with van der Waals surface area (Å²) in [4.78, 5) is 13.8. The molecule has 2 N–H and O–H groups in total. The van der Waals surface area contributed by atoms with E-state index in [-0.39, 0.29) is 11.7 Å². The summed E-state index contributed by atoms with van der Waals surface area (Å²) >= 11 is 0. The monoisotopic (exact) mass is 232 g/mol. The van der Waals surface area contributed by atoms with Crippen LogP contribution in [0.2, 0.25) is 0 Å². The normalized spacial score (nSPS) is 28.2. The molecule has 1 unspecified atom stereocenters. The number of aromatic hydroxyl groups is 1. The van der Waals surface area contributed by atoms with Crippen LogP contribution in [0.5, 0.6) is 5.75 Å². The van der Waals surface area contributed by atoms with Gasteiger partial charge in [-0.2, -0.15) is 0 Å². The van der Waals surface area contributed by atoms with Crippen LogP contribution >= 0.6 is 0 Å². The van der Waals surface area contributed by atoms with Gasteiger partial charge in [0, 0.05) is 18.5 Å². The summed E-state index contributed by atoms with van der Waals surface area (Å²) in [7, 11) is 0. The number of amides is 1. The maximum absolute atomic E-state index is 11.9. The summed E-state index contributed by atoms with van der Waals surface area (Å²) in [6.07, 6.45) is 2.27. The third-order valence-electron chi connectivity index (χ3n) is 3.79. The molecule has 1 atom stereocenters. The Balaban J connectivity index is 2.10. The summed E-state index contributed by atoms with van der Waals surface area (Å²) in [6.45, 7) is 1.66. The first-order valence-corrected chi connectivity index (χ1v) is 6.08. The number of phenolic OH excluding ortho intramolecular Hbond substituents is 1. The Hall–Kier alpha value is -1.55. The maximum Gasteiger partial charge on any atom is 0.224 e. The summed E-state index contributed by atoms with van der Waals surface area (Å²) < 4.78 is 0. The van der Waals surface area contributed by atoms with Crippen LogP contribution in [0.1, 0.15) is 24.8 Å². The molecule has 0 aromatic heterocycles. The third-order valence-corrected chi connectivity index (χ3v) is 3.79. The van der Waals surface area contributed by atoms with E-state index < -0.39 is 5.66 Å². The van der Waals surface area contributed by atoms with Gasteiger partial charge in [-0.05, 0) is 25.5 Å². The van der Waals surface area contributed by atoms with Crippen molar-refractivity contribution in [3.05, 3.63) is 29.8 Å². The highest BCUT2D eigenvalue weighted by atomic mass is 16.3. The number of hydrogen-bond donors (Lipinski definition) is 2. The molecular weight excluding hydrogens is 216 g/mol. The first-order chi connectivity index (χ1) is 8.24.